The molecule has 21 heavy (non-hydrogen) atoms. The largest absolute Gasteiger partial charge is 0.483 e. The summed E-state index contributed by atoms with van der Waals surface area (Å²) in [7, 11) is 0. The minimum atomic E-state index is -0.335. The molecule has 1 aromatic heterocycles. The van der Waals surface area contributed by atoms with E-state index >= 15 is 0 Å². The van der Waals surface area contributed by atoms with Crippen molar-refractivity contribution in [2.75, 3.05) is 6.54 Å². The van der Waals surface area contributed by atoms with Crippen molar-refractivity contribution >= 4 is 0 Å². The predicted molar refractivity (Wildman–Crippen MR) is 76.5 cm³/mol. The van der Waals surface area contributed by atoms with Crippen LogP contribution in [0, 0.1) is 12.7 Å². The van der Waals surface area contributed by atoms with E-state index in [1.54, 1.807) is 13.0 Å². The van der Waals surface area contributed by atoms with Crippen LogP contribution in [0.1, 0.15) is 43.6 Å². The van der Waals surface area contributed by atoms with Crippen LogP contribution in [-0.2, 0) is 6.61 Å². The van der Waals surface area contributed by atoms with E-state index in [1.807, 2.05) is 6.92 Å². The fourth-order valence-electron chi connectivity index (χ4n) is 2.00. The molecule has 1 atom stereocenters. The van der Waals surface area contributed by atoms with Crippen LogP contribution in [0.2, 0.25) is 0 Å². The molecule has 0 amide bonds. The van der Waals surface area contributed by atoms with Gasteiger partial charge in [-0.3, -0.25) is 0 Å². The molecule has 1 unspecified atom stereocenters. The molecule has 1 heterocycles. The van der Waals surface area contributed by atoms with E-state index in [4.69, 9.17) is 9.26 Å². The number of ether oxygens (including phenoxy) is 1. The third-order valence-electron chi connectivity index (χ3n) is 3.06. The normalized spacial score (nSPS) is 12.4. The maximum Gasteiger partial charge on any atom is 0.264 e. The fraction of sp³-hybridized carbons (Fsp3) is 0.467. The molecule has 6 heteroatoms. The lowest BCUT2D eigenvalue weighted by molar-refractivity contribution is 0.238. The molecule has 0 fully saturated rings. The van der Waals surface area contributed by atoms with E-state index in [2.05, 4.69) is 22.4 Å². The van der Waals surface area contributed by atoms with Gasteiger partial charge in [-0.1, -0.05) is 18.1 Å². The van der Waals surface area contributed by atoms with E-state index < -0.39 is 0 Å². The van der Waals surface area contributed by atoms with Crippen molar-refractivity contribution in [3.05, 3.63) is 41.3 Å². The third-order valence-corrected chi connectivity index (χ3v) is 3.06. The summed E-state index contributed by atoms with van der Waals surface area (Å²) < 4.78 is 24.1. The Bertz CT molecular complexity index is 586. The summed E-state index contributed by atoms with van der Waals surface area (Å²) in [5.74, 6) is 1.07. The van der Waals surface area contributed by atoms with E-state index in [0.29, 0.717) is 17.5 Å². The van der Waals surface area contributed by atoms with Crippen molar-refractivity contribution in [3.63, 3.8) is 0 Å². The highest BCUT2D eigenvalue weighted by Gasteiger charge is 2.13. The number of hydrogen-bond donors (Lipinski definition) is 1. The van der Waals surface area contributed by atoms with Gasteiger partial charge in [0, 0.05) is 17.7 Å². The van der Waals surface area contributed by atoms with Gasteiger partial charge in [-0.05, 0) is 32.9 Å². The van der Waals surface area contributed by atoms with Gasteiger partial charge in [0.2, 0.25) is 0 Å². The molecule has 2 rings (SSSR count). The highest BCUT2D eigenvalue weighted by Crippen LogP contribution is 2.26. The average Bonchev–Trinajstić information content (AvgIpc) is 2.88. The van der Waals surface area contributed by atoms with Crippen molar-refractivity contribution in [1.29, 1.82) is 0 Å². The van der Waals surface area contributed by atoms with Crippen LogP contribution in [0.15, 0.2) is 22.7 Å². The lowest BCUT2D eigenvalue weighted by Gasteiger charge is -2.17. The molecule has 1 N–H and O–H groups in total. The molecule has 0 saturated carbocycles. The smallest absolute Gasteiger partial charge is 0.264 e. The Hall–Kier alpha value is -1.95. The second kappa shape index (κ2) is 7.17. The van der Waals surface area contributed by atoms with E-state index in [0.717, 1.165) is 18.5 Å². The van der Waals surface area contributed by atoms with Crippen molar-refractivity contribution in [1.82, 2.24) is 15.5 Å². The van der Waals surface area contributed by atoms with Crippen molar-refractivity contribution in [2.24, 2.45) is 0 Å². The van der Waals surface area contributed by atoms with Gasteiger partial charge in [0.25, 0.3) is 5.89 Å². The van der Waals surface area contributed by atoms with Crippen LogP contribution in [-0.4, -0.2) is 16.7 Å². The first-order chi connectivity index (χ1) is 10.1. The number of aromatic nitrogens is 2. The zero-order valence-corrected chi connectivity index (χ0v) is 12.5. The van der Waals surface area contributed by atoms with Gasteiger partial charge in [0.15, 0.2) is 12.4 Å². The molecular formula is C15H20FN3O2. The lowest BCUT2D eigenvalue weighted by Crippen LogP contribution is -2.20. The third kappa shape index (κ3) is 4.26. The monoisotopic (exact) mass is 293 g/mol. The summed E-state index contributed by atoms with van der Waals surface area (Å²) in [6.45, 7) is 6.86. The molecule has 0 saturated heterocycles. The minimum absolute atomic E-state index is 0.0740. The van der Waals surface area contributed by atoms with Crippen LogP contribution in [0.25, 0.3) is 0 Å². The summed E-state index contributed by atoms with van der Waals surface area (Å²) in [4.78, 5) is 4.06. The van der Waals surface area contributed by atoms with Crippen LogP contribution in [0.4, 0.5) is 4.39 Å². The van der Waals surface area contributed by atoms with Crippen LogP contribution >= 0.6 is 0 Å². The molecule has 114 valence electrons. The van der Waals surface area contributed by atoms with Gasteiger partial charge < -0.3 is 14.6 Å². The zero-order valence-electron chi connectivity index (χ0n) is 12.5. The Morgan fingerprint density at radius 1 is 1.43 bits per heavy atom. The number of aryl methyl sites for hydroxylation is 1. The second-order valence-corrected chi connectivity index (χ2v) is 4.88. The predicted octanol–water partition coefficient (Wildman–Crippen LogP) is 3.16. The van der Waals surface area contributed by atoms with Gasteiger partial charge in [-0.15, -0.1) is 0 Å². The lowest BCUT2D eigenvalue weighted by atomic mass is 10.1. The average molecular weight is 293 g/mol. The number of nitrogens with one attached hydrogen (secondary N) is 1. The maximum atomic E-state index is 13.4. The maximum absolute atomic E-state index is 13.4. The molecule has 0 spiro atoms. The minimum Gasteiger partial charge on any atom is -0.483 e. The highest BCUT2D eigenvalue weighted by molar-refractivity contribution is 5.36. The Morgan fingerprint density at radius 3 is 2.90 bits per heavy atom. The SMILES string of the molecule is CCCNC(C)c1ccc(F)cc1OCc1nc(C)no1. The summed E-state index contributed by atoms with van der Waals surface area (Å²) in [6, 6.07) is 4.62. The van der Waals surface area contributed by atoms with Crippen LogP contribution < -0.4 is 10.1 Å². The standard InChI is InChI=1S/C15H20FN3O2/c1-4-7-17-10(2)13-6-5-12(16)8-14(13)20-9-15-18-11(3)19-21-15/h5-6,8,10,17H,4,7,9H2,1-3H3. The molecule has 5 nitrogen and oxygen atoms in total. The molecule has 0 aliphatic carbocycles. The van der Waals surface area contributed by atoms with Crippen LogP contribution in [0.3, 0.4) is 0 Å². The van der Waals surface area contributed by atoms with Gasteiger partial charge in [0.1, 0.15) is 11.6 Å². The molecule has 1 aromatic carbocycles. The van der Waals surface area contributed by atoms with Gasteiger partial charge in [-0.25, -0.2) is 4.39 Å². The second-order valence-electron chi connectivity index (χ2n) is 4.88. The van der Waals surface area contributed by atoms with Crippen molar-refractivity contribution in [3.8, 4) is 5.75 Å². The summed E-state index contributed by atoms with van der Waals surface area (Å²) >= 11 is 0. The molecule has 2 aromatic rings. The molecule has 0 aliphatic heterocycles. The van der Waals surface area contributed by atoms with E-state index in [-0.39, 0.29) is 18.5 Å². The number of nitrogens with zero attached hydrogens (tertiary/aromatic N) is 2. The molecule has 0 aliphatic rings. The first-order valence-electron chi connectivity index (χ1n) is 7.05. The van der Waals surface area contributed by atoms with Crippen LogP contribution in [0.5, 0.6) is 5.75 Å². The first-order valence-corrected chi connectivity index (χ1v) is 7.05. The van der Waals surface area contributed by atoms with E-state index in [1.165, 1.54) is 12.1 Å². The van der Waals surface area contributed by atoms with Gasteiger partial charge in [0.05, 0.1) is 0 Å². The molecule has 0 radical (unpaired) electrons. The van der Waals surface area contributed by atoms with Gasteiger partial charge in [-0.2, -0.15) is 4.98 Å². The molecule has 0 bridgehead atoms. The Balaban J connectivity index is 2.10. The van der Waals surface area contributed by atoms with E-state index in [9.17, 15) is 4.39 Å². The molecular weight excluding hydrogens is 273 g/mol. The Morgan fingerprint density at radius 2 is 2.24 bits per heavy atom. The highest BCUT2D eigenvalue weighted by atomic mass is 19.1. The topological polar surface area (TPSA) is 60.2 Å². The number of halogens is 1. The van der Waals surface area contributed by atoms with Crippen molar-refractivity contribution in [2.45, 2.75) is 39.8 Å². The first kappa shape index (κ1) is 15.4. The summed E-state index contributed by atoms with van der Waals surface area (Å²) in [5, 5.41) is 7.05. The Labute approximate surface area is 123 Å². The summed E-state index contributed by atoms with van der Waals surface area (Å²) in [6.07, 6.45) is 1.03. The van der Waals surface area contributed by atoms with Crippen molar-refractivity contribution < 1.29 is 13.7 Å². The quantitative estimate of drug-likeness (QED) is 0.849. The summed E-state index contributed by atoms with van der Waals surface area (Å²) in [5.41, 5.74) is 0.904. The van der Waals surface area contributed by atoms with Gasteiger partial charge >= 0.3 is 0 Å². The number of benzene rings is 1. The fourth-order valence-corrected chi connectivity index (χ4v) is 2.00. The Kier molecular flexibility index (Phi) is 5.27. The number of rotatable bonds is 7. The zero-order chi connectivity index (χ0) is 15.2. The number of hydrogen-bond acceptors (Lipinski definition) is 5.